The molecule has 0 atom stereocenters. The number of aliphatic hydroxyl groups is 1. The molecule has 176 valence electrons. The van der Waals surface area contributed by atoms with Gasteiger partial charge >= 0.3 is 0 Å². The standard InChI is InChI=1S/C27H28FN3O3/c28-15-17-33-25-23-22(18-6-2-1-3-7-18)24(34-26(23)31-21(30-25)8-4-16-32)19-9-11-20(12-10-19)27(29)13-5-14-27/h1-3,6-7,9-12,32H,4-5,8,13-17,29H2. The maximum atomic E-state index is 13.0. The van der Waals surface area contributed by atoms with Crippen molar-refractivity contribution in [2.45, 2.75) is 37.6 Å². The van der Waals surface area contributed by atoms with E-state index in [1.54, 1.807) is 0 Å². The SMILES string of the molecule is NC1(c2ccc(-c3oc4nc(CCCO)nc(OCCF)c4c3-c3ccccc3)cc2)CCC1. The van der Waals surface area contributed by atoms with E-state index in [4.69, 9.17) is 14.9 Å². The Bertz CT molecular complexity index is 1270. The van der Waals surface area contributed by atoms with Gasteiger partial charge < -0.3 is 20.0 Å². The number of aryl methyl sites for hydroxylation is 1. The molecule has 6 nitrogen and oxygen atoms in total. The van der Waals surface area contributed by atoms with Gasteiger partial charge in [-0.2, -0.15) is 9.97 Å². The van der Waals surface area contributed by atoms with Gasteiger partial charge in [0.15, 0.2) is 0 Å². The molecule has 3 N–H and O–H groups in total. The maximum Gasteiger partial charge on any atom is 0.234 e. The van der Waals surface area contributed by atoms with E-state index in [9.17, 15) is 9.50 Å². The molecule has 1 aliphatic carbocycles. The van der Waals surface area contributed by atoms with Crippen LogP contribution in [0.5, 0.6) is 5.88 Å². The first-order valence-corrected chi connectivity index (χ1v) is 11.7. The smallest absolute Gasteiger partial charge is 0.234 e. The molecule has 1 aliphatic rings. The van der Waals surface area contributed by atoms with Crippen LogP contribution >= 0.6 is 0 Å². The Labute approximate surface area is 197 Å². The van der Waals surface area contributed by atoms with Crippen LogP contribution < -0.4 is 10.5 Å². The Morgan fingerprint density at radius 3 is 2.44 bits per heavy atom. The quantitative estimate of drug-likeness (QED) is 0.357. The second kappa shape index (κ2) is 9.52. The number of furan rings is 1. The van der Waals surface area contributed by atoms with Crippen molar-refractivity contribution in [3.8, 4) is 28.3 Å². The Hall–Kier alpha value is -3.29. The third kappa shape index (κ3) is 4.17. The Kier molecular flexibility index (Phi) is 6.30. The fraction of sp³-hybridized carbons (Fsp3) is 0.333. The predicted molar refractivity (Wildman–Crippen MR) is 129 cm³/mol. The molecule has 2 aromatic heterocycles. The second-order valence-electron chi connectivity index (χ2n) is 8.75. The molecule has 0 spiro atoms. The van der Waals surface area contributed by atoms with Crippen molar-refractivity contribution in [3.63, 3.8) is 0 Å². The first kappa shape index (κ1) is 22.5. The van der Waals surface area contributed by atoms with Gasteiger partial charge in [0, 0.05) is 29.7 Å². The minimum absolute atomic E-state index is 0.0235. The maximum absolute atomic E-state index is 13.0. The van der Waals surface area contributed by atoms with Crippen molar-refractivity contribution in [1.82, 2.24) is 9.97 Å². The molecular formula is C27H28FN3O3. The van der Waals surface area contributed by atoms with E-state index in [0.717, 1.165) is 41.5 Å². The number of hydrogen-bond donors (Lipinski definition) is 2. The molecule has 0 amide bonds. The fourth-order valence-corrected chi connectivity index (χ4v) is 4.48. The molecule has 7 heteroatoms. The van der Waals surface area contributed by atoms with E-state index >= 15 is 0 Å². The van der Waals surface area contributed by atoms with E-state index in [1.807, 2.05) is 42.5 Å². The van der Waals surface area contributed by atoms with Crippen LogP contribution in [0, 0.1) is 0 Å². The number of alkyl halides is 1. The molecule has 0 aliphatic heterocycles. The average Bonchev–Trinajstić information content (AvgIpc) is 3.25. The van der Waals surface area contributed by atoms with Gasteiger partial charge in [-0.1, -0.05) is 54.6 Å². The zero-order valence-electron chi connectivity index (χ0n) is 19.0. The highest BCUT2D eigenvalue weighted by atomic mass is 19.1. The van der Waals surface area contributed by atoms with Crippen molar-refractivity contribution in [2.24, 2.45) is 5.73 Å². The molecule has 0 unspecified atom stereocenters. The monoisotopic (exact) mass is 461 g/mol. The first-order valence-electron chi connectivity index (χ1n) is 11.7. The van der Waals surface area contributed by atoms with Crippen LogP contribution in [0.15, 0.2) is 59.0 Å². The third-order valence-electron chi connectivity index (χ3n) is 6.47. The summed E-state index contributed by atoms with van der Waals surface area (Å²) in [6.07, 6.45) is 4.11. The summed E-state index contributed by atoms with van der Waals surface area (Å²) in [6, 6.07) is 18.0. The lowest BCUT2D eigenvalue weighted by Crippen LogP contribution is -2.43. The molecule has 0 radical (unpaired) electrons. The van der Waals surface area contributed by atoms with E-state index in [2.05, 4.69) is 22.1 Å². The van der Waals surface area contributed by atoms with Gasteiger partial charge in [-0.3, -0.25) is 0 Å². The third-order valence-corrected chi connectivity index (χ3v) is 6.47. The number of aromatic nitrogens is 2. The fourth-order valence-electron chi connectivity index (χ4n) is 4.48. The molecule has 2 aromatic carbocycles. The summed E-state index contributed by atoms with van der Waals surface area (Å²) in [5.41, 5.74) is 10.4. The Morgan fingerprint density at radius 1 is 1.03 bits per heavy atom. The predicted octanol–water partition coefficient (Wildman–Crippen LogP) is 5.17. The number of fused-ring (bicyclic) bond motifs is 1. The summed E-state index contributed by atoms with van der Waals surface area (Å²) in [5.74, 6) is 1.42. The van der Waals surface area contributed by atoms with Crippen LogP contribution in [0.2, 0.25) is 0 Å². The van der Waals surface area contributed by atoms with E-state index in [1.165, 1.54) is 0 Å². The minimum Gasteiger partial charge on any atom is -0.474 e. The van der Waals surface area contributed by atoms with Crippen LogP contribution in [0.3, 0.4) is 0 Å². The molecule has 1 saturated carbocycles. The van der Waals surface area contributed by atoms with Crippen molar-refractivity contribution in [1.29, 1.82) is 0 Å². The zero-order valence-corrected chi connectivity index (χ0v) is 19.0. The Balaban J connectivity index is 1.69. The Morgan fingerprint density at radius 2 is 1.79 bits per heavy atom. The molecule has 0 bridgehead atoms. The summed E-state index contributed by atoms with van der Waals surface area (Å²) >= 11 is 0. The summed E-state index contributed by atoms with van der Waals surface area (Å²) in [5, 5.41) is 9.84. The van der Waals surface area contributed by atoms with Gasteiger partial charge in [0.25, 0.3) is 0 Å². The molecule has 4 aromatic rings. The highest BCUT2D eigenvalue weighted by molar-refractivity contribution is 6.03. The van der Waals surface area contributed by atoms with Gasteiger partial charge in [-0.25, -0.2) is 4.39 Å². The van der Waals surface area contributed by atoms with Crippen molar-refractivity contribution >= 4 is 11.1 Å². The highest BCUT2D eigenvalue weighted by Crippen LogP contribution is 2.44. The van der Waals surface area contributed by atoms with Crippen molar-refractivity contribution in [3.05, 3.63) is 66.0 Å². The molecule has 0 saturated heterocycles. The van der Waals surface area contributed by atoms with Crippen LogP contribution in [0.4, 0.5) is 4.39 Å². The number of rotatable bonds is 9. The van der Waals surface area contributed by atoms with Gasteiger partial charge in [0.05, 0.1) is 0 Å². The van der Waals surface area contributed by atoms with Crippen LogP contribution in [-0.4, -0.2) is 35.0 Å². The first-order chi connectivity index (χ1) is 16.6. The minimum atomic E-state index is -0.634. The largest absolute Gasteiger partial charge is 0.474 e. The van der Waals surface area contributed by atoms with Crippen molar-refractivity contribution in [2.75, 3.05) is 19.9 Å². The van der Waals surface area contributed by atoms with E-state index < -0.39 is 6.67 Å². The molecular weight excluding hydrogens is 433 g/mol. The molecule has 34 heavy (non-hydrogen) atoms. The van der Waals surface area contributed by atoms with E-state index in [0.29, 0.717) is 35.5 Å². The number of nitrogens with zero attached hydrogens (tertiary/aromatic N) is 2. The number of halogens is 1. The van der Waals surface area contributed by atoms with Crippen LogP contribution in [-0.2, 0) is 12.0 Å². The number of benzene rings is 2. The van der Waals surface area contributed by atoms with Crippen LogP contribution in [0.25, 0.3) is 33.6 Å². The lowest BCUT2D eigenvalue weighted by atomic mass is 9.72. The number of ether oxygens (including phenoxy) is 1. The highest BCUT2D eigenvalue weighted by Gasteiger charge is 2.34. The number of nitrogens with two attached hydrogens (primary N) is 1. The molecule has 2 heterocycles. The molecule has 5 rings (SSSR count). The van der Waals surface area contributed by atoms with Gasteiger partial charge in [-0.05, 0) is 36.8 Å². The summed E-state index contributed by atoms with van der Waals surface area (Å²) in [6.45, 7) is -0.728. The van der Waals surface area contributed by atoms with Gasteiger partial charge in [0.2, 0.25) is 11.6 Å². The lowest BCUT2D eigenvalue weighted by molar-refractivity contribution is 0.253. The summed E-state index contributed by atoms with van der Waals surface area (Å²) in [7, 11) is 0. The van der Waals surface area contributed by atoms with E-state index in [-0.39, 0.29) is 24.6 Å². The zero-order chi connectivity index (χ0) is 23.5. The number of hydrogen-bond acceptors (Lipinski definition) is 6. The summed E-state index contributed by atoms with van der Waals surface area (Å²) in [4.78, 5) is 9.16. The van der Waals surface area contributed by atoms with Gasteiger partial charge in [0.1, 0.15) is 30.3 Å². The van der Waals surface area contributed by atoms with Gasteiger partial charge in [-0.15, -0.1) is 0 Å². The topological polar surface area (TPSA) is 94.4 Å². The average molecular weight is 462 g/mol. The second-order valence-corrected chi connectivity index (χ2v) is 8.75. The summed E-state index contributed by atoms with van der Waals surface area (Å²) < 4.78 is 25.1. The van der Waals surface area contributed by atoms with Crippen LogP contribution in [0.1, 0.15) is 37.1 Å². The normalized spacial score (nSPS) is 14.8. The van der Waals surface area contributed by atoms with Crippen molar-refractivity contribution < 1.29 is 18.7 Å². The lowest BCUT2D eigenvalue weighted by Gasteiger charge is -2.38. The molecule has 1 fully saturated rings. The number of aliphatic hydroxyl groups excluding tert-OH is 1.